The summed E-state index contributed by atoms with van der Waals surface area (Å²) in [5.74, 6) is -0.933. The smallest absolute Gasteiger partial charge is 0.599 e. The van der Waals surface area contributed by atoms with Crippen molar-refractivity contribution in [1.82, 2.24) is 0 Å². The minimum absolute atomic E-state index is 0.00526. The van der Waals surface area contributed by atoms with Crippen LogP contribution in [0.3, 0.4) is 0 Å². The molecule has 2 heterocycles. The van der Waals surface area contributed by atoms with Gasteiger partial charge in [0, 0.05) is 7.05 Å². The lowest BCUT2D eigenvalue weighted by atomic mass is 9.41. The Hall–Kier alpha value is -2.41. The summed E-state index contributed by atoms with van der Waals surface area (Å²) >= 11 is 0. The Morgan fingerprint density at radius 2 is 1.78 bits per heavy atom. The Labute approximate surface area is 134 Å². The van der Waals surface area contributed by atoms with E-state index < -0.39 is 23.9 Å². The van der Waals surface area contributed by atoms with Gasteiger partial charge in [0.2, 0.25) is 0 Å². The maximum atomic E-state index is 12.3. The number of fused-ring (bicyclic) bond motifs is 1. The Morgan fingerprint density at radius 3 is 2.26 bits per heavy atom. The molecule has 0 aliphatic carbocycles. The lowest BCUT2D eigenvalue weighted by Crippen LogP contribution is -2.72. The van der Waals surface area contributed by atoms with E-state index in [0.29, 0.717) is 5.56 Å². The van der Waals surface area contributed by atoms with Crippen molar-refractivity contribution in [3.05, 3.63) is 48.6 Å². The van der Waals surface area contributed by atoms with Gasteiger partial charge in [-0.3, -0.25) is 9.59 Å². The molecule has 6 nitrogen and oxygen atoms in total. The van der Waals surface area contributed by atoms with Crippen molar-refractivity contribution in [2.24, 2.45) is 0 Å². The van der Waals surface area contributed by atoms with Crippen LogP contribution in [0.5, 0.6) is 0 Å². The molecule has 23 heavy (non-hydrogen) atoms. The van der Waals surface area contributed by atoms with Gasteiger partial charge in [0.25, 0.3) is 0 Å². The highest BCUT2D eigenvalue weighted by molar-refractivity contribution is 6.72. The normalized spacial score (nSPS) is 31.7. The van der Waals surface area contributed by atoms with Gasteiger partial charge < -0.3 is 18.5 Å². The molecule has 3 rings (SSSR count). The molecule has 0 aromatic heterocycles. The van der Waals surface area contributed by atoms with Gasteiger partial charge in [0.15, 0.2) is 0 Å². The number of benzene rings is 1. The third-order valence-corrected chi connectivity index (χ3v) is 5.04. The number of aldehydes is 1. The maximum absolute atomic E-state index is 12.3. The summed E-state index contributed by atoms with van der Waals surface area (Å²) in [6.45, 7) is 1.19. The zero-order chi connectivity index (χ0) is 16.7. The van der Waals surface area contributed by atoms with Crippen LogP contribution in [0.25, 0.3) is 0 Å². The summed E-state index contributed by atoms with van der Waals surface area (Å²) in [6.07, 6.45) is 2.52. The fourth-order valence-corrected chi connectivity index (χ4v) is 4.03. The van der Waals surface area contributed by atoms with Crippen molar-refractivity contribution < 1.29 is 28.1 Å². The largest absolute Gasteiger partial charge is 0.601 e. The van der Waals surface area contributed by atoms with Crippen LogP contribution in [0.15, 0.2) is 43.0 Å². The summed E-state index contributed by atoms with van der Waals surface area (Å²) in [4.78, 5) is 36.3. The Morgan fingerprint density at radius 1 is 1.22 bits per heavy atom. The second-order valence-corrected chi connectivity index (χ2v) is 6.46. The predicted molar refractivity (Wildman–Crippen MR) is 82.9 cm³/mol. The van der Waals surface area contributed by atoms with Crippen molar-refractivity contribution in [3.8, 4) is 0 Å². The highest BCUT2D eigenvalue weighted by Crippen LogP contribution is 2.48. The van der Waals surface area contributed by atoms with E-state index in [1.165, 1.54) is 0 Å². The lowest BCUT2D eigenvalue weighted by Gasteiger charge is -2.49. The Balaban J connectivity index is 2.27. The van der Waals surface area contributed by atoms with Crippen LogP contribution in [-0.2, 0) is 29.0 Å². The van der Waals surface area contributed by atoms with E-state index >= 15 is 0 Å². The van der Waals surface area contributed by atoms with Crippen molar-refractivity contribution >= 4 is 24.9 Å². The van der Waals surface area contributed by atoms with E-state index in [0.717, 1.165) is 6.29 Å². The highest BCUT2D eigenvalue weighted by atomic mass is 16.7. The van der Waals surface area contributed by atoms with Gasteiger partial charge in [0.05, 0.1) is 5.31 Å². The molecule has 2 aliphatic rings. The van der Waals surface area contributed by atoms with E-state index in [2.05, 4.69) is 6.58 Å². The van der Waals surface area contributed by atoms with Crippen LogP contribution < -0.4 is 0 Å². The number of nitrogens with zero attached hydrogens (tertiary/aromatic N) is 1. The van der Waals surface area contributed by atoms with Crippen LogP contribution in [0.4, 0.5) is 0 Å². The van der Waals surface area contributed by atoms with Gasteiger partial charge >= 0.3 is 18.6 Å². The molecular weight excluding hydrogens is 297 g/mol. The molecule has 2 fully saturated rings. The summed E-state index contributed by atoms with van der Waals surface area (Å²) in [6, 6.07) is 8.96. The number of hydrogen-bond acceptors (Lipinski definition) is 5. The van der Waals surface area contributed by atoms with Crippen molar-refractivity contribution in [2.45, 2.75) is 11.7 Å². The third kappa shape index (κ3) is 1.89. The highest BCUT2D eigenvalue weighted by Gasteiger charge is 2.75. The van der Waals surface area contributed by atoms with Crippen molar-refractivity contribution in [2.75, 3.05) is 20.1 Å². The van der Waals surface area contributed by atoms with Gasteiger partial charge in [0.1, 0.15) is 19.4 Å². The second kappa shape index (κ2) is 5.06. The van der Waals surface area contributed by atoms with E-state index in [1.54, 1.807) is 37.4 Å². The molecule has 1 unspecified atom stereocenters. The molecule has 0 spiro atoms. The molecule has 7 heteroatoms. The average molecular weight is 315 g/mol. The molecule has 0 N–H and O–H groups in total. The first kappa shape index (κ1) is 15.5. The van der Waals surface area contributed by atoms with Crippen molar-refractivity contribution in [3.63, 3.8) is 0 Å². The quantitative estimate of drug-likeness (QED) is 0.455. The fourth-order valence-electron chi connectivity index (χ4n) is 4.03. The predicted octanol–water partition coefficient (Wildman–Crippen LogP) is 0.738. The van der Waals surface area contributed by atoms with Gasteiger partial charge in [-0.15, -0.1) is 6.58 Å². The van der Waals surface area contributed by atoms with E-state index in [4.69, 9.17) is 9.31 Å². The monoisotopic (exact) mass is 315 g/mol. The zero-order valence-corrected chi connectivity index (χ0v) is 12.9. The van der Waals surface area contributed by atoms with Crippen LogP contribution in [0, 0.1) is 0 Å². The number of carbonyl (C=O) groups is 3. The number of allylic oxidation sites excluding steroid dienone is 1. The van der Waals surface area contributed by atoms with E-state index in [-0.39, 0.29) is 23.9 Å². The first-order valence-electron chi connectivity index (χ1n) is 7.48. The van der Waals surface area contributed by atoms with E-state index in [9.17, 15) is 14.4 Å². The van der Waals surface area contributed by atoms with Crippen LogP contribution in [0.2, 0.25) is 0 Å². The van der Waals surface area contributed by atoms with Crippen molar-refractivity contribution in [1.29, 1.82) is 0 Å². The average Bonchev–Trinajstić information content (AvgIpc) is 2.90. The summed E-state index contributed by atoms with van der Waals surface area (Å²) in [7, 11) is 1.72. The van der Waals surface area contributed by atoms with Gasteiger partial charge in [-0.1, -0.05) is 42.0 Å². The number of hydrogen-bond donors (Lipinski definition) is 0. The number of carbonyl (C=O) groups excluding carboxylic acids is 3. The molecule has 0 saturated carbocycles. The molecular formula is C16H18BNO5. The number of likely N-dealkylation sites (N-methyl/N-ethyl adjacent to an activating group) is 1. The molecule has 120 valence electrons. The fraction of sp³-hybridized carbons (Fsp3) is 0.312. The molecule has 0 bridgehead atoms. The van der Waals surface area contributed by atoms with Crippen LogP contribution in [-0.4, -0.2) is 49.4 Å². The standard InChI is InChI=1S/C16H18BNO5/c1-3-9-16(12-19,13-7-5-4-6-8-13)17-18(2,10-14(20)22-17)11-15(21)23-17/h3-8,12H,1,9-11H2,2H3. The molecule has 2 saturated heterocycles. The topological polar surface area (TPSA) is 69.7 Å². The number of quaternary nitrogens is 1. The Bertz CT molecular complexity index is 669. The Kier molecular flexibility index (Phi) is 3.41. The van der Waals surface area contributed by atoms with E-state index in [1.807, 2.05) is 6.07 Å². The maximum Gasteiger partial charge on any atom is 0.601 e. The summed E-state index contributed by atoms with van der Waals surface area (Å²) in [5, 5.41) is -1.28. The SMILES string of the molecule is C=CCC(C=O)(c1ccccc1)[B-]12OC(=O)C[N+]1(C)CC(=O)O2. The zero-order valence-electron chi connectivity index (χ0n) is 12.9. The lowest BCUT2D eigenvalue weighted by molar-refractivity contribution is -0.795. The summed E-state index contributed by atoms with van der Waals surface area (Å²) in [5.41, 5.74) is 0.642. The van der Waals surface area contributed by atoms with Crippen LogP contribution in [0.1, 0.15) is 12.0 Å². The minimum atomic E-state index is -2.55. The molecule has 2 aliphatic heterocycles. The third-order valence-electron chi connectivity index (χ3n) is 5.04. The number of rotatable bonds is 5. The van der Waals surface area contributed by atoms with Crippen LogP contribution >= 0.6 is 0 Å². The first-order valence-corrected chi connectivity index (χ1v) is 7.48. The van der Waals surface area contributed by atoms with Gasteiger partial charge in [-0.05, 0) is 6.42 Å². The minimum Gasteiger partial charge on any atom is -0.599 e. The van der Waals surface area contributed by atoms with Gasteiger partial charge in [-0.2, -0.15) is 0 Å². The summed E-state index contributed by atoms with van der Waals surface area (Å²) < 4.78 is 11.1. The van der Waals surface area contributed by atoms with Gasteiger partial charge in [-0.25, -0.2) is 0 Å². The molecule has 0 amide bonds. The molecule has 1 aromatic carbocycles. The molecule has 0 radical (unpaired) electrons. The molecule has 1 aromatic rings. The molecule has 1 atom stereocenters. The first-order chi connectivity index (χ1) is 10.9. The second-order valence-electron chi connectivity index (χ2n) is 6.46.